The third-order valence-corrected chi connectivity index (χ3v) is 7.17. The van der Waals surface area contributed by atoms with Crippen LogP contribution in [-0.4, -0.2) is 31.4 Å². The third kappa shape index (κ3) is 6.17. The second kappa shape index (κ2) is 11.3. The number of thioether (sulfide) groups is 1. The molecule has 1 amide bonds. The van der Waals surface area contributed by atoms with Gasteiger partial charge < -0.3 is 10.1 Å². The number of allylic oxidation sites excluding steroid dienone is 1. The fourth-order valence-electron chi connectivity index (χ4n) is 3.36. The fraction of sp³-hybridized carbons (Fsp3) is 0.231. The lowest BCUT2D eigenvalue weighted by atomic mass is 10.1. The van der Waals surface area contributed by atoms with E-state index in [1.807, 2.05) is 47.2 Å². The van der Waals surface area contributed by atoms with Crippen LogP contribution < -0.4 is 10.1 Å². The molecule has 2 heterocycles. The first kappa shape index (κ1) is 24.7. The Morgan fingerprint density at radius 3 is 2.74 bits per heavy atom. The third-order valence-electron chi connectivity index (χ3n) is 5.44. The molecular formula is C26H27N5O2S2. The van der Waals surface area contributed by atoms with Gasteiger partial charge in [0.2, 0.25) is 5.91 Å². The fourth-order valence-corrected chi connectivity index (χ4v) is 4.86. The van der Waals surface area contributed by atoms with E-state index in [1.165, 1.54) is 34.2 Å². The molecule has 0 radical (unpaired) electrons. The quantitative estimate of drug-likeness (QED) is 0.216. The van der Waals surface area contributed by atoms with Crippen LogP contribution in [0.1, 0.15) is 22.5 Å². The van der Waals surface area contributed by atoms with Crippen LogP contribution in [0.5, 0.6) is 5.75 Å². The molecule has 0 fully saturated rings. The molecule has 0 aliphatic rings. The lowest BCUT2D eigenvalue weighted by Crippen LogP contribution is -2.15. The van der Waals surface area contributed by atoms with Crippen molar-refractivity contribution >= 4 is 34.1 Å². The Morgan fingerprint density at radius 2 is 1.97 bits per heavy atom. The summed E-state index contributed by atoms with van der Waals surface area (Å²) in [6.07, 6.45) is 1.77. The van der Waals surface area contributed by atoms with Crippen LogP contribution in [0, 0.1) is 20.8 Å². The Balaban J connectivity index is 1.36. The summed E-state index contributed by atoms with van der Waals surface area (Å²) in [4.78, 5) is 17.2. The molecule has 0 spiro atoms. The summed E-state index contributed by atoms with van der Waals surface area (Å²) in [5, 5.41) is 14.6. The van der Waals surface area contributed by atoms with Crippen molar-refractivity contribution in [3.05, 3.63) is 83.0 Å². The number of benzene rings is 2. The molecule has 0 saturated heterocycles. The number of anilines is 1. The van der Waals surface area contributed by atoms with E-state index in [4.69, 9.17) is 4.74 Å². The number of thiazole rings is 1. The highest BCUT2D eigenvalue weighted by atomic mass is 32.2. The zero-order chi connectivity index (χ0) is 24.8. The number of nitrogens with one attached hydrogen (secondary N) is 1. The minimum Gasteiger partial charge on any atom is -0.485 e. The topological polar surface area (TPSA) is 81.9 Å². The van der Waals surface area contributed by atoms with Crippen molar-refractivity contribution in [1.29, 1.82) is 0 Å². The summed E-state index contributed by atoms with van der Waals surface area (Å²) < 4.78 is 7.83. The highest BCUT2D eigenvalue weighted by molar-refractivity contribution is 7.99. The van der Waals surface area contributed by atoms with Gasteiger partial charge in [0.1, 0.15) is 12.4 Å². The van der Waals surface area contributed by atoms with Gasteiger partial charge in [-0.2, -0.15) is 0 Å². The highest BCUT2D eigenvalue weighted by Gasteiger charge is 2.15. The van der Waals surface area contributed by atoms with Crippen LogP contribution in [0.3, 0.4) is 0 Å². The van der Waals surface area contributed by atoms with Crippen LogP contribution >= 0.6 is 23.1 Å². The molecule has 4 aromatic rings. The number of para-hydroxylation sites is 1. The number of hydrogen-bond acceptors (Lipinski definition) is 7. The summed E-state index contributed by atoms with van der Waals surface area (Å²) in [6, 6.07) is 14.1. The summed E-state index contributed by atoms with van der Waals surface area (Å²) in [5.74, 6) is 1.51. The number of rotatable bonds is 10. The Hall–Kier alpha value is -3.43. The van der Waals surface area contributed by atoms with Crippen LogP contribution in [0.25, 0.3) is 11.3 Å². The molecule has 0 aliphatic carbocycles. The van der Waals surface area contributed by atoms with E-state index in [-0.39, 0.29) is 18.3 Å². The van der Waals surface area contributed by atoms with Gasteiger partial charge in [0, 0.05) is 17.5 Å². The van der Waals surface area contributed by atoms with Crippen LogP contribution in [-0.2, 0) is 17.9 Å². The lowest BCUT2D eigenvalue weighted by Gasteiger charge is -2.10. The van der Waals surface area contributed by atoms with Gasteiger partial charge in [-0.3, -0.25) is 9.36 Å². The van der Waals surface area contributed by atoms with E-state index in [9.17, 15) is 4.79 Å². The first-order valence-corrected chi connectivity index (χ1v) is 13.0. The van der Waals surface area contributed by atoms with Crippen molar-refractivity contribution in [1.82, 2.24) is 19.7 Å². The Morgan fingerprint density at radius 1 is 1.14 bits per heavy atom. The average molecular weight is 506 g/mol. The van der Waals surface area contributed by atoms with Crippen LogP contribution in [0.15, 0.2) is 65.7 Å². The molecule has 0 aliphatic heterocycles. The van der Waals surface area contributed by atoms with Gasteiger partial charge in [0.25, 0.3) is 0 Å². The molecule has 2 aromatic heterocycles. The van der Waals surface area contributed by atoms with E-state index in [0.29, 0.717) is 22.7 Å². The number of aryl methyl sites for hydroxylation is 3. The number of carbonyl (C=O) groups excluding carboxylic acids is 1. The van der Waals surface area contributed by atoms with Gasteiger partial charge in [0.05, 0.1) is 11.4 Å². The highest BCUT2D eigenvalue weighted by Crippen LogP contribution is 2.27. The summed E-state index contributed by atoms with van der Waals surface area (Å²) in [5.41, 5.74) is 5.40. The minimum absolute atomic E-state index is 0.151. The van der Waals surface area contributed by atoms with Crippen LogP contribution in [0.2, 0.25) is 0 Å². The van der Waals surface area contributed by atoms with Crippen molar-refractivity contribution in [3.8, 4) is 17.0 Å². The number of carbonyl (C=O) groups is 1. The molecule has 0 atom stereocenters. The van der Waals surface area contributed by atoms with Crippen molar-refractivity contribution in [2.75, 3.05) is 11.1 Å². The van der Waals surface area contributed by atoms with Gasteiger partial charge in [-0.1, -0.05) is 48.2 Å². The molecule has 2 aromatic carbocycles. The SMILES string of the molecule is C=CCn1c(COc2ccccc2C)nnc1SCC(=O)Nc1nc(-c2ccc(C)c(C)c2)cs1. The van der Waals surface area contributed by atoms with Gasteiger partial charge in [0.15, 0.2) is 16.1 Å². The smallest absolute Gasteiger partial charge is 0.236 e. The van der Waals surface area contributed by atoms with Gasteiger partial charge >= 0.3 is 0 Å². The predicted molar refractivity (Wildman–Crippen MR) is 142 cm³/mol. The lowest BCUT2D eigenvalue weighted by molar-refractivity contribution is -0.113. The maximum Gasteiger partial charge on any atom is 0.236 e. The normalized spacial score (nSPS) is 10.8. The molecule has 0 unspecified atom stereocenters. The number of aromatic nitrogens is 4. The first-order valence-electron chi connectivity index (χ1n) is 11.1. The summed E-state index contributed by atoms with van der Waals surface area (Å²) >= 11 is 2.73. The van der Waals surface area contributed by atoms with E-state index in [1.54, 1.807) is 6.08 Å². The molecule has 35 heavy (non-hydrogen) atoms. The Labute approximate surface area is 213 Å². The standard InChI is InChI=1S/C26H27N5O2S2/c1-5-12-31-23(14-33-22-9-7-6-8-18(22)3)29-30-26(31)35-16-24(32)28-25-27-21(15-34-25)20-11-10-17(2)19(4)13-20/h5-11,13,15H,1,12,14,16H2,2-4H3,(H,27,28,32). The molecule has 1 N–H and O–H groups in total. The molecule has 0 bridgehead atoms. The average Bonchev–Trinajstić information content (AvgIpc) is 3.46. The molecule has 9 heteroatoms. The molecule has 180 valence electrons. The van der Waals surface area contributed by atoms with Crippen molar-refractivity contribution in [2.45, 2.75) is 39.1 Å². The van der Waals surface area contributed by atoms with Gasteiger partial charge in [-0.05, 0) is 49.6 Å². The maximum atomic E-state index is 12.6. The second-order valence-corrected chi connectivity index (χ2v) is 9.83. The number of amides is 1. The summed E-state index contributed by atoms with van der Waals surface area (Å²) in [6.45, 7) is 10.8. The van der Waals surface area contributed by atoms with Crippen molar-refractivity contribution in [2.24, 2.45) is 0 Å². The zero-order valence-corrected chi connectivity index (χ0v) is 21.6. The largest absolute Gasteiger partial charge is 0.485 e. The van der Waals surface area contributed by atoms with Crippen molar-refractivity contribution < 1.29 is 9.53 Å². The maximum absolute atomic E-state index is 12.6. The van der Waals surface area contributed by atoms with E-state index in [0.717, 1.165) is 22.6 Å². The number of ether oxygens (including phenoxy) is 1. The molecular weight excluding hydrogens is 478 g/mol. The summed E-state index contributed by atoms with van der Waals surface area (Å²) in [7, 11) is 0. The predicted octanol–water partition coefficient (Wildman–Crippen LogP) is 5.82. The first-order chi connectivity index (χ1) is 16.9. The Kier molecular flexibility index (Phi) is 7.99. The van der Waals surface area contributed by atoms with E-state index < -0.39 is 0 Å². The van der Waals surface area contributed by atoms with Crippen LogP contribution in [0.4, 0.5) is 5.13 Å². The van der Waals surface area contributed by atoms with Gasteiger partial charge in [-0.15, -0.1) is 28.1 Å². The number of hydrogen-bond donors (Lipinski definition) is 1. The zero-order valence-electron chi connectivity index (χ0n) is 19.9. The number of nitrogens with zero attached hydrogens (tertiary/aromatic N) is 4. The minimum atomic E-state index is -0.151. The Bertz CT molecular complexity index is 1350. The monoisotopic (exact) mass is 505 g/mol. The second-order valence-electron chi connectivity index (χ2n) is 8.03. The van der Waals surface area contributed by atoms with E-state index in [2.05, 4.69) is 53.1 Å². The van der Waals surface area contributed by atoms with E-state index >= 15 is 0 Å². The molecule has 4 rings (SSSR count). The van der Waals surface area contributed by atoms with Gasteiger partial charge in [-0.25, -0.2) is 4.98 Å². The molecule has 0 saturated carbocycles. The molecule has 7 nitrogen and oxygen atoms in total. The van der Waals surface area contributed by atoms with Crippen molar-refractivity contribution in [3.63, 3.8) is 0 Å².